The Morgan fingerprint density at radius 3 is 2.81 bits per heavy atom. The van der Waals surface area contributed by atoms with Crippen molar-refractivity contribution in [3.8, 4) is 0 Å². The summed E-state index contributed by atoms with van der Waals surface area (Å²) in [7, 11) is 3.71. The first kappa shape index (κ1) is 18.9. The lowest BCUT2D eigenvalue weighted by atomic mass is 10.2. The molecule has 0 aliphatic carbocycles. The summed E-state index contributed by atoms with van der Waals surface area (Å²) >= 11 is 0. The number of halogens is 1. The van der Waals surface area contributed by atoms with Gasteiger partial charge < -0.3 is 14.8 Å². The summed E-state index contributed by atoms with van der Waals surface area (Å²) in [6.07, 6.45) is 0.952. The normalized spacial score (nSPS) is 11.8. The summed E-state index contributed by atoms with van der Waals surface area (Å²) in [5, 5.41) is 3.38. The van der Waals surface area contributed by atoms with Crippen LogP contribution in [0.4, 0.5) is 4.39 Å². The van der Waals surface area contributed by atoms with Gasteiger partial charge in [-0.1, -0.05) is 24.3 Å². The lowest BCUT2D eigenvalue weighted by Crippen LogP contribution is -2.39. The summed E-state index contributed by atoms with van der Waals surface area (Å²) in [4.78, 5) is 10.9. The van der Waals surface area contributed by atoms with Crippen molar-refractivity contribution in [2.45, 2.75) is 26.4 Å². The van der Waals surface area contributed by atoms with E-state index in [4.69, 9.17) is 0 Å². The number of nitrogens with zero attached hydrogens (tertiary/aromatic N) is 4. The van der Waals surface area contributed by atoms with Crippen molar-refractivity contribution in [2.24, 2.45) is 4.99 Å². The van der Waals surface area contributed by atoms with Crippen LogP contribution in [0.1, 0.15) is 17.8 Å². The first-order chi connectivity index (χ1) is 13.1. The molecule has 3 rings (SSSR count). The van der Waals surface area contributed by atoms with E-state index < -0.39 is 0 Å². The van der Waals surface area contributed by atoms with Gasteiger partial charge in [0.1, 0.15) is 11.6 Å². The fourth-order valence-electron chi connectivity index (χ4n) is 3.28. The molecule has 142 valence electrons. The molecule has 6 heteroatoms. The van der Waals surface area contributed by atoms with Gasteiger partial charge in [-0.2, -0.15) is 0 Å². The second-order valence-electron chi connectivity index (χ2n) is 6.61. The van der Waals surface area contributed by atoms with Gasteiger partial charge >= 0.3 is 0 Å². The summed E-state index contributed by atoms with van der Waals surface area (Å²) in [5.41, 5.74) is 3.12. The van der Waals surface area contributed by atoms with Gasteiger partial charge in [0, 0.05) is 33.7 Å². The molecule has 0 bridgehead atoms. The van der Waals surface area contributed by atoms with Crippen LogP contribution in [0.25, 0.3) is 11.0 Å². The largest absolute Gasteiger partial charge is 0.356 e. The lowest BCUT2D eigenvalue weighted by Gasteiger charge is -2.22. The van der Waals surface area contributed by atoms with Gasteiger partial charge in [-0.3, -0.25) is 4.99 Å². The number of guanidine groups is 1. The molecule has 0 saturated heterocycles. The van der Waals surface area contributed by atoms with Crippen LogP contribution in [-0.2, 0) is 13.1 Å². The van der Waals surface area contributed by atoms with Crippen molar-refractivity contribution in [3.05, 3.63) is 65.7 Å². The molecule has 1 heterocycles. The van der Waals surface area contributed by atoms with Gasteiger partial charge in [0.15, 0.2) is 5.96 Å². The zero-order valence-electron chi connectivity index (χ0n) is 16.1. The molecule has 27 heavy (non-hydrogen) atoms. The maximum atomic E-state index is 13.4. The molecule has 0 amide bonds. The Morgan fingerprint density at radius 1 is 1.22 bits per heavy atom. The smallest absolute Gasteiger partial charge is 0.193 e. The van der Waals surface area contributed by atoms with Gasteiger partial charge in [-0.05, 0) is 43.2 Å². The van der Waals surface area contributed by atoms with Crippen LogP contribution in [0.15, 0.2) is 53.5 Å². The molecular formula is C21H26FN5. The molecular weight excluding hydrogens is 341 g/mol. The molecule has 0 aliphatic heterocycles. The minimum atomic E-state index is -0.216. The van der Waals surface area contributed by atoms with Gasteiger partial charge in [-0.25, -0.2) is 9.37 Å². The van der Waals surface area contributed by atoms with E-state index in [1.165, 1.54) is 11.6 Å². The highest BCUT2D eigenvalue weighted by atomic mass is 19.1. The average Bonchev–Trinajstić information content (AvgIpc) is 2.97. The third-order valence-corrected chi connectivity index (χ3v) is 4.57. The fraction of sp³-hybridized carbons (Fsp3) is 0.333. The van der Waals surface area contributed by atoms with Crippen LogP contribution in [0.2, 0.25) is 0 Å². The predicted molar refractivity (Wildman–Crippen MR) is 108 cm³/mol. The number of benzene rings is 2. The van der Waals surface area contributed by atoms with Crippen LogP contribution in [0, 0.1) is 12.7 Å². The SMILES string of the molecule is CN=C(NCCCn1c(C)nc2ccccc21)N(C)Cc1cccc(F)c1. The molecule has 2 aromatic carbocycles. The molecule has 5 nitrogen and oxygen atoms in total. The Labute approximate surface area is 159 Å². The van der Waals surface area contributed by atoms with E-state index in [0.29, 0.717) is 6.54 Å². The third kappa shape index (κ3) is 4.64. The number of rotatable bonds is 6. The number of aromatic nitrogens is 2. The summed E-state index contributed by atoms with van der Waals surface area (Å²) in [6, 6.07) is 14.9. The Morgan fingerprint density at radius 2 is 2.04 bits per heavy atom. The second kappa shape index (κ2) is 8.66. The van der Waals surface area contributed by atoms with Crippen molar-refractivity contribution in [1.82, 2.24) is 19.8 Å². The maximum Gasteiger partial charge on any atom is 0.193 e. The highest BCUT2D eigenvalue weighted by Crippen LogP contribution is 2.15. The number of aliphatic imine (C=N–C) groups is 1. The van der Waals surface area contributed by atoms with Gasteiger partial charge in [0.2, 0.25) is 0 Å². The highest BCUT2D eigenvalue weighted by Gasteiger charge is 2.08. The van der Waals surface area contributed by atoms with E-state index in [-0.39, 0.29) is 5.82 Å². The quantitative estimate of drug-likeness (QED) is 0.411. The Balaban J connectivity index is 1.53. The van der Waals surface area contributed by atoms with Crippen molar-refractivity contribution >= 4 is 17.0 Å². The number of hydrogen-bond acceptors (Lipinski definition) is 2. The summed E-state index contributed by atoms with van der Waals surface area (Å²) in [6.45, 7) is 4.33. The number of aryl methyl sites for hydroxylation is 2. The van der Waals surface area contributed by atoms with E-state index >= 15 is 0 Å². The highest BCUT2D eigenvalue weighted by molar-refractivity contribution is 5.79. The second-order valence-corrected chi connectivity index (χ2v) is 6.61. The zero-order chi connectivity index (χ0) is 19.2. The Hall–Kier alpha value is -2.89. The van der Waals surface area contributed by atoms with Crippen molar-refractivity contribution in [2.75, 3.05) is 20.6 Å². The van der Waals surface area contributed by atoms with E-state index in [1.807, 2.05) is 43.1 Å². The number of nitrogens with one attached hydrogen (secondary N) is 1. The number of hydrogen-bond donors (Lipinski definition) is 1. The maximum absolute atomic E-state index is 13.4. The van der Waals surface area contributed by atoms with Crippen LogP contribution in [0.5, 0.6) is 0 Å². The molecule has 0 fully saturated rings. The third-order valence-electron chi connectivity index (χ3n) is 4.57. The van der Waals surface area contributed by atoms with Gasteiger partial charge in [0.25, 0.3) is 0 Å². The topological polar surface area (TPSA) is 45.5 Å². The van der Waals surface area contributed by atoms with Crippen LogP contribution in [0.3, 0.4) is 0 Å². The molecule has 0 aliphatic rings. The zero-order valence-corrected chi connectivity index (χ0v) is 16.1. The van der Waals surface area contributed by atoms with Gasteiger partial charge in [0.05, 0.1) is 11.0 Å². The standard InChI is InChI=1S/C21H26FN5/c1-16-25-19-10-4-5-11-20(19)27(16)13-7-12-24-21(23-2)26(3)15-17-8-6-9-18(22)14-17/h4-6,8-11,14H,7,12-13,15H2,1-3H3,(H,23,24). The summed E-state index contributed by atoms with van der Waals surface area (Å²) < 4.78 is 15.6. The lowest BCUT2D eigenvalue weighted by molar-refractivity contribution is 0.471. The van der Waals surface area contributed by atoms with Crippen molar-refractivity contribution in [1.29, 1.82) is 0 Å². The van der Waals surface area contributed by atoms with Crippen LogP contribution in [-0.4, -0.2) is 41.1 Å². The summed E-state index contributed by atoms with van der Waals surface area (Å²) in [5.74, 6) is 1.61. The Kier molecular flexibility index (Phi) is 6.06. The molecule has 3 aromatic rings. The minimum Gasteiger partial charge on any atom is -0.356 e. The average molecular weight is 367 g/mol. The molecule has 1 N–H and O–H groups in total. The molecule has 0 radical (unpaired) electrons. The van der Waals surface area contributed by atoms with Crippen molar-refractivity contribution in [3.63, 3.8) is 0 Å². The Bertz CT molecular complexity index is 931. The van der Waals surface area contributed by atoms with E-state index in [9.17, 15) is 4.39 Å². The van der Waals surface area contributed by atoms with Gasteiger partial charge in [-0.15, -0.1) is 0 Å². The molecule has 0 atom stereocenters. The van der Waals surface area contributed by atoms with Crippen LogP contribution < -0.4 is 5.32 Å². The van der Waals surface area contributed by atoms with Crippen LogP contribution >= 0.6 is 0 Å². The monoisotopic (exact) mass is 367 g/mol. The number of para-hydroxylation sites is 2. The minimum absolute atomic E-state index is 0.216. The molecule has 1 aromatic heterocycles. The molecule has 0 unspecified atom stereocenters. The first-order valence-electron chi connectivity index (χ1n) is 9.16. The first-order valence-corrected chi connectivity index (χ1v) is 9.16. The molecule has 0 saturated carbocycles. The molecule has 0 spiro atoms. The van der Waals surface area contributed by atoms with E-state index in [1.54, 1.807) is 19.2 Å². The van der Waals surface area contributed by atoms with E-state index in [2.05, 4.69) is 25.9 Å². The van der Waals surface area contributed by atoms with Crippen molar-refractivity contribution < 1.29 is 4.39 Å². The predicted octanol–water partition coefficient (Wildman–Crippen LogP) is 3.58. The number of imidazole rings is 1. The van der Waals surface area contributed by atoms with E-state index in [0.717, 1.165) is 42.4 Å². The fourth-order valence-corrected chi connectivity index (χ4v) is 3.28. The number of fused-ring (bicyclic) bond motifs is 1.